The number of carbonyl (C=O) groups is 2. The Hall–Kier alpha value is -2.30. The second-order valence-corrected chi connectivity index (χ2v) is 8.35. The van der Waals surface area contributed by atoms with E-state index in [4.69, 9.17) is 0 Å². The van der Waals surface area contributed by atoms with Gasteiger partial charge in [-0.2, -0.15) is 0 Å². The number of carbonyl (C=O) groups excluding carboxylic acids is 2. The first-order valence-corrected chi connectivity index (χ1v) is 9.39. The number of nitrogens with one attached hydrogen (secondary N) is 1. The number of hydrogen-bond acceptors (Lipinski definition) is 3. The van der Waals surface area contributed by atoms with E-state index in [2.05, 4.69) is 30.1 Å². The van der Waals surface area contributed by atoms with Crippen molar-refractivity contribution in [2.75, 3.05) is 25.5 Å². The number of likely N-dealkylation sites (N-methyl/N-ethyl adjacent to an activating group) is 2. The minimum atomic E-state index is -0.194. The zero-order chi connectivity index (χ0) is 18.6. The second kappa shape index (κ2) is 5.86. The maximum atomic E-state index is 13.0. The number of nitrogens with zero attached hydrogens (tertiary/aromatic N) is 2. The average Bonchev–Trinajstić information content (AvgIpc) is 2.65. The Morgan fingerprint density at radius 1 is 1.31 bits per heavy atom. The smallest absolute Gasteiger partial charge is 0.257 e. The molecule has 0 aromatic heterocycles. The maximum Gasteiger partial charge on any atom is 0.257 e. The molecule has 5 rings (SSSR count). The van der Waals surface area contributed by atoms with Crippen LogP contribution in [0.4, 0.5) is 5.69 Å². The zero-order valence-corrected chi connectivity index (χ0v) is 16.0. The van der Waals surface area contributed by atoms with E-state index in [1.165, 1.54) is 12.0 Å². The Morgan fingerprint density at radius 2 is 2.04 bits per heavy atom. The number of para-hydroxylation sites is 1. The molecule has 1 N–H and O–H groups in total. The van der Waals surface area contributed by atoms with Crippen LogP contribution in [0.2, 0.25) is 0 Å². The summed E-state index contributed by atoms with van der Waals surface area (Å²) in [6, 6.07) is 7.61. The van der Waals surface area contributed by atoms with Crippen LogP contribution in [-0.4, -0.2) is 43.5 Å². The number of benzene rings is 1. The van der Waals surface area contributed by atoms with Crippen molar-refractivity contribution in [1.82, 2.24) is 10.2 Å². The normalized spacial score (nSPS) is 28.8. The number of anilines is 1. The summed E-state index contributed by atoms with van der Waals surface area (Å²) in [4.78, 5) is 29.2. The van der Waals surface area contributed by atoms with Crippen LogP contribution in [0.1, 0.15) is 37.0 Å². The third-order valence-electron chi connectivity index (χ3n) is 6.83. The zero-order valence-electron chi connectivity index (χ0n) is 16.0. The fourth-order valence-electron chi connectivity index (χ4n) is 5.04. The van der Waals surface area contributed by atoms with Crippen molar-refractivity contribution in [3.8, 4) is 0 Å². The van der Waals surface area contributed by atoms with Gasteiger partial charge in [0.05, 0.1) is 17.8 Å². The van der Waals surface area contributed by atoms with Crippen LogP contribution in [0.25, 0.3) is 0 Å². The third kappa shape index (κ3) is 2.29. The number of amides is 2. The Balaban J connectivity index is 1.80. The van der Waals surface area contributed by atoms with E-state index >= 15 is 0 Å². The van der Waals surface area contributed by atoms with Crippen LogP contribution in [0.15, 0.2) is 35.9 Å². The average molecular weight is 353 g/mol. The van der Waals surface area contributed by atoms with Crippen LogP contribution in [0.5, 0.6) is 0 Å². The molecule has 2 amide bonds. The summed E-state index contributed by atoms with van der Waals surface area (Å²) >= 11 is 0. The quantitative estimate of drug-likeness (QED) is 0.850. The van der Waals surface area contributed by atoms with Crippen LogP contribution < -0.4 is 10.2 Å². The maximum absolute atomic E-state index is 13.0. The summed E-state index contributed by atoms with van der Waals surface area (Å²) in [7, 11) is 3.51. The molecule has 3 unspecified atom stereocenters. The number of allylic oxidation sites excluding steroid dienone is 1. The molecule has 0 radical (unpaired) electrons. The largest absolute Gasteiger partial charge is 0.358 e. The Bertz CT molecular complexity index is 798. The van der Waals surface area contributed by atoms with Gasteiger partial charge in [0.1, 0.15) is 6.17 Å². The van der Waals surface area contributed by atoms with Gasteiger partial charge in [0.25, 0.3) is 5.91 Å². The van der Waals surface area contributed by atoms with E-state index in [9.17, 15) is 9.59 Å². The lowest BCUT2D eigenvalue weighted by Crippen LogP contribution is -2.61. The summed E-state index contributed by atoms with van der Waals surface area (Å²) in [5, 5.41) is 2.73. The van der Waals surface area contributed by atoms with Gasteiger partial charge in [-0.3, -0.25) is 9.59 Å². The van der Waals surface area contributed by atoms with Gasteiger partial charge in [-0.25, -0.2) is 0 Å². The van der Waals surface area contributed by atoms with E-state index in [1.54, 1.807) is 7.05 Å². The van der Waals surface area contributed by atoms with Gasteiger partial charge in [0, 0.05) is 14.1 Å². The van der Waals surface area contributed by atoms with Gasteiger partial charge in [-0.05, 0) is 47.8 Å². The lowest BCUT2D eigenvalue weighted by Gasteiger charge is -2.59. The first-order valence-electron chi connectivity index (χ1n) is 9.39. The molecular formula is C21H27N3O2. The fourth-order valence-corrected chi connectivity index (χ4v) is 5.04. The Morgan fingerprint density at radius 3 is 2.69 bits per heavy atom. The molecule has 1 fully saturated rings. The van der Waals surface area contributed by atoms with Crippen molar-refractivity contribution < 1.29 is 9.59 Å². The summed E-state index contributed by atoms with van der Waals surface area (Å²) in [5.41, 5.74) is 3.08. The standard InChI is InChI=1S/C21H27N3O2/c1-21(2)13-9-10-14(16(21)11-13)19-23(4)20(26)15-7-5-6-8-17(15)24(19)12-18(25)22-3/h5-8,10,13,16,19H,9,11-12H2,1-4H3,(H,22,25). The summed E-state index contributed by atoms with van der Waals surface area (Å²) in [6.45, 7) is 4.91. The molecule has 0 saturated heterocycles. The van der Waals surface area contributed by atoms with Gasteiger partial charge in [0.2, 0.25) is 5.91 Å². The minimum absolute atomic E-state index is 0.0268. The molecule has 4 aliphatic rings. The summed E-state index contributed by atoms with van der Waals surface area (Å²) in [6.07, 6.45) is 4.38. The molecule has 1 saturated carbocycles. The first-order chi connectivity index (χ1) is 12.4. The minimum Gasteiger partial charge on any atom is -0.358 e. The van der Waals surface area contributed by atoms with E-state index in [0.29, 0.717) is 11.5 Å². The predicted molar refractivity (Wildman–Crippen MR) is 102 cm³/mol. The Labute approximate surface area is 155 Å². The summed E-state index contributed by atoms with van der Waals surface area (Å²) < 4.78 is 0. The van der Waals surface area contributed by atoms with Gasteiger partial charge < -0.3 is 15.1 Å². The molecule has 3 atom stereocenters. The van der Waals surface area contributed by atoms with Crippen molar-refractivity contribution in [2.24, 2.45) is 17.3 Å². The molecule has 1 heterocycles. The van der Waals surface area contributed by atoms with E-state index in [0.717, 1.165) is 18.0 Å². The van der Waals surface area contributed by atoms with E-state index < -0.39 is 0 Å². The van der Waals surface area contributed by atoms with Gasteiger partial charge in [-0.15, -0.1) is 0 Å². The van der Waals surface area contributed by atoms with Crippen LogP contribution in [0, 0.1) is 17.3 Å². The molecular weight excluding hydrogens is 326 g/mol. The molecule has 26 heavy (non-hydrogen) atoms. The van der Waals surface area contributed by atoms with Crippen LogP contribution >= 0.6 is 0 Å². The highest BCUT2D eigenvalue weighted by molar-refractivity contribution is 6.03. The molecule has 138 valence electrons. The van der Waals surface area contributed by atoms with Crippen LogP contribution in [0.3, 0.4) is 0 Å². The highest BCUT2D eigenvalue weighted by Gasteiger charge is 2.54. The third-order valence-corrected chi connectivity index (χ3v) is 6.83. The molecule has 2 bridgehead atoms. The molecule has 5 nitrogen and oxygen atoms in total. The van der Waals surface area contributed by atoms with Crippen molar-refractivity contribution in [2.45, 2.75) is 32.9 Å². The summed E-state index contributed by atoms with van der Waals surface area (Å²) in [5.74, 6) is 1.19. The van der Waals surface area contributed by atoms with Crippen molar-refractivity contribution >= 4 is 17.5 Å². The Kier molecular flexibility index (Phi) is 3.86. The van der Waals surface area contributed by atoms with E-state index in [1.807, 2.05) is 36.2 Å². The number of fused-ring (bicyclic) bond motifs is 2. The topological polar surface area (TPSA) is 52.7 Å². The predicted octanol–water partition coefficient (Wildman–Crippen LogP) is 2.64. The fraction of sp³-hybridized carbons (Fsp3) is 0.524. The van der Waals surface area contributed by atoms with Gasteiger partial charge in [0.15, 0.2) is 0 Å². The van der Waals surface area contributed by atoms with Crippen molar-refractivity contribution in [3.05, 3.63) is 41.5 Å². The first kappa shape index (κ1) is 17.1. The van der Waals surface area contributed by atoms with Gasteiger partial charge >= 0.3 is 0 Å². The lowest BCUT2D eigenvalue weighted by molar-refractivity contribution is -0.119. The molecule has 5 heteroatoms. The SMILES string of the molecule is CNC(=O)CN1c2ccccc2C(=O)N(C)C1C1=CCC2CC1C2(C)C. The number of hydrogen-bond donors (Lipinski definition) is 1. The second-order valence-electron chi connectivity index (χ2n) is 8.35. The molecule has 1 aliphatic heterocycles. The lowest BCUT2D eigenvalue weighted by atomic mass is 9.48. The number of rotatable bonds is 3. The van der Waals surface area contributed by atoms with Gasteiger partial charge in [-0.1, -0.05) is 32.1 Å². The van der Waals surface area contributed by atoms with E-state index in [-0.39, 0.29) is 29.9 Å². The molecule has 3 aliphatic carbocycles. The van der Waals surface area contributed by atoms with Crippen molar-refractivity contribution in [3.63, 3.8) is 0 Å². The molecule has 0 spiro atoms. The highest BCUT2D eigenvalue weighted by atomic mass is 16.2. The van der Waals surface area contributed by atoms with Crippen molar-refractivity contribution in [1.29, 1.82) is 0 Å². The van der Waals surface area contributed by atoms with Crippen LogP contribution in [-0.2, 0) is 4.79 Å². The highest BCUT2D eigenvalue weighted by Crippen LogP contribution is 2.60. The monoisotopic (exact) mass is 353 g/mol. The molecule has 1 aromatic carbocycles. The molecule has 1 aromatic rings.